The van der Waals surface area contributed by atoms with Gasteiger partial charge in [0.2, 0.25) is 0 Å². The van der Waals surface area contributed by atoms with Gasteiger partial charge >= 0.3 is 6.09 Å². The summed E-state index contributed by atoms with van der Waals surface area (Å²) in [6.07, 6.45) is 1.04. The molecule has 0 aliphatic heterocycles. The van der Waals surface area contributed by atoms with Crippen LogP contribution in [0.5, 0.6) is 0 Å². The number of amides is 1. The molecule has 1 aliphatic carbocycles. The second-order valence-electron chi connectivity index (χ2n) is 4.97. The minimum atomic E-state index is -0.698. The molecule has 1 rings (SSSR count). The van der Waals surface area contributed by atoms with Gasteiger partial charge < -0.3 is 15.2 Å². The van der Waals surface area contributed by atoms with Crippen molar-refractivity contribution >= 4 is 6.09 Å². The van der Waals surface area contributed by atoms with Crippen LogP contribution in [0.2, 0.25) is 0 Å². The summed E-state index contributed by atoms with van der Waals surface area (Å²) in [5.74, 6) is 0. The molecule has 0 radical (unpaired) electrons. The Labute approximate surface area is 84.6 Å². The van der Waals surface area contributed by atoms with Gasteiger partial charge in [0.25, 0.3) is 0 Å². The molecule has 0 spiro atoms. The molecule has 1 atom stereocenters. The van der Waals surface area contributed by atoms with E-state index in [1.165, 1.54) is 0 Å². The Bertz CT molecular complexity index is 228. The highest BCUT2D eigenvalue weighted by atomic mass is 16.6. The van der Waals surface area contributed by atoms with Crippen LogP contribution in [0, 0.1) is 0 Å². The lowest BCUT2D eigenvalue weighted by atomic mass is 10.1. The van der Waals surface area contributed by atoms with Crippen molar-refractivity contribution in [2.45, 2.75) is 57.8 Å². The number of hydrogen-bond acceptors (Lipinski definition) is 3. The molecule has 0 aromatic rings. The smallest absolute Gasteiger partial charge is 0.407 e. The Morgan fingerprint density at radius 1 is 1.50 bits per heavy atom. The second kappa shape index (κ2) is 3.42. The van der Waals surface area contributed by atoms with Crippen molar-refractivity contribution in [1.82, 2.24) is 5.32 Å². The fraction of sp³-hybridized carbons (Fsp3) is 0.900. The van der Waals surface area contributed by atoms with Crippen molar-refractivity contribution in [2.24, 2.45) is 0 Å². The molecule has 0 aromatic heterocycles. The molecule has 1 fully saturated rings. The molecule has 14 heavy (non-hydrogen) atoms. The van der Waals surface area contributed by atoms with Crippen LogP contribution in [0.15, 0.2) is 0 Å². The number of alkyl carbamates (subject to hydrolysis) is 1. The van der Waals surface area contributed by atoms with Gasteiger partial charge in [0.05, 0.1) is 11.6 Å². The average molecular weight is 201 g/mol. The molecular formula is C10H19NO3. The lowest BCUT2D eigenvalue weighted by Crippen LogP contribution is -2.44. The maximum Gasteiger partial charge on any atom is 0.407 e. The summed E-state index contributed by atoms with van der Waals surface area (Å²) in [5, 5.41) is 12.3. The van der Waals surface area contributed by atoms with E-state index in [-0.39, 0.29) is 6.04 Å². The first kappa shape index (κ1) is 11.3. The number of rotatable bonds is 2. The van der Waals surface area contributed by atoms with Crippen molar-refractivity contribution in [3.8, 4) is 0 Å². The van der Waals surface area contributed by atoms with E-state index in [2.05, 4.69) is 5.32 Å². The quantitative estimate of drug-likeness (QED) is 0.710. The van der Waals surface area contributed by atoms with Crippen LogP contribution in [-0.2, 0) is 4.74 Å². The summed E-state index contributed by atoms with van der Waals surface area (Å²) in [5.41, 5.74) is -1.19. The van der Waals surface area contributed by atoms with Crippen LogP contribution in [0.3, 0.4) is 0 Å². The Kier molecular flexibility index (Phi) is 2.76. The lowest BCUT2D eigenvalue weighted by molar-refractivity contribution is 0.0404. The van der Waals surface area contributed by atoms with Crippen LogP contribution in [0.1, 0.15) is 40.5 Å². The van der Waals surface area contributed by atoms with Crippen molar-refractivity contribution in [3.05, 3.63) is 0 Å². The standard InChI is InChI=1S/C10H19NO3/c1-7(10(13)5-6-10)11-8(12)14-9(2,3)4/h7,13H,5-6H2,1-4H3,(H,11,12)/t7-/m0/s1. The maximum atomic E-state index is 11.3. The van der Waals surface area contributed by atoms with Crippen LogP contribution in [0.4, 0.5) is 4.79 Å². The predicted octanol–water partition coefficient (Wildman–Crippen LogP) is 1.42. The minimum absolute atomic E-state index is 0.239. The molecule has 0 unspecified atom stereocenters. The number of hydrogen-bond donors (Lipinski definition) is 2. The molecule has 4 heteroatoms. The highest BCUT2D eigenvalue weighted by Crippen LogP contribution is 2.38. The van der Waals surface area contributed by atoms with Crippen molar-refractivity contribution in [2.75, 3.05) is 0 Å². The van der Waals surface area contributed by atoms with Crippen LogP contribution in [0.25, 0.3) is 0 Å². The first-order valence-corrected chi connectivity index (χ1v) is 4.95. The lowest BCUT2D eigenvalue weighted by Gasteiger charge is -2.24. The first-order valence-electron chi connectivity index (χ1n) is 4.95. The number of carbonyl (C=O) groups is 1. The van der Waals surface area contributed by atoms with E-state index in [9.17, 15) is 9.90 Å². The summed E-state index contributed by atoms with van der Waals surface area (Å²) in [6.45, 7) is 7.21. The Morgan fingerprint density at radius 2 is 2.00 bits per heavy atom. The molecular weight excluding hydrogens is 182 g/mol. The predicted molar refractivity (Wildman–Crippen MR) is 53.0 cm³/mol. The number of ether oxygens (including phenoxy) is 1. The third-order valence-corrected chi connectivity index (χ3v) is 2.30. The topological polar surface area (TPSA) is 58.6 Å². The summed E-state index contributed by atoms with van der Waals surface area (Å²) in [4.78, 5) is 11.3. The molecule has 1 amide bonds. The fourth-order valence-corrected chi connectivity index (χ4v) is 1.18. The van der Waals surface area contributed by atoms with Crippen molar-refractivity contribution in [1.29, 1.82) is 0 Å². The van der Waals surface area contributed by atoms with E-state index in [0.29, 0.717) is 0 Å². The molecule has 82 valence electrons. The zero-order valence-electron chi connectivity index (χ0n) is 9.26. The zero-order valence-corrected chi connectivity index (χ0v) is 9.26. The minimum Gasteiger partial charge on any atom is -0.444 e. The van der Waals surface area contributed by atoms with Gasteiger partial charge in [0, 0.05) is 0 Å². The Morgan fingerprint density at radius 3 is 2.36 bits per heavy atom. The SMILES string of the molecule is C[C@H](NC(=O)OC(C)(C)C)C1(O)CC1. The third kappa shape index (κ3) is 3.18. The summed E-state index contributed by atoms with van der Waals surface area (Å²) >= 11 is 0. The molecule has 2 N–H and O–H groups in total. The van der Waals surface area contributed by atoms with Gasteiger partial charge in [-0.15, -0.1) is 0 Å². The van der Waals surface area contributed by atoms with Crippen molar-refractivity contribution < 1.29 is 14.6 Å². The average Bonchev–Trinajstić information content (AvgIpc) is 2.64. The summed E-state index contributed by atoms with van der Waals surface area (Å²) < 4.78 is 5.07. The molecule has 0 bridgehead atoms. The summed E-state index contributed by atoms with van der Waals surface area (Å²) in [7, 11) is 0. The van der Waals surface area contributed by atoms with Gasteiger partial charge in [0.15, 0.2) is 0 Å². The first-order chi connectivity index (χ1) is 6.23. The second-order valence-corrected chi connectivity index (χ2v) is 4.97. The fourth-order valence-electron chi connectivity index (χ4n) is 1.18. The third-order valence-electron chi connectivity index (χ3n) is 2.30. The van der Waals surface area contributed by atoms with Crippen LogP contribution in [-0.4, -0.2) is 28.4 Å². The monoisotopic (exact) mass is 201 g/mol. The number of carbonyl (C=O) groups excluding carboxylic acids is 1. The molecule has 0 aromatic carbocycles. The van der Waals surface area contributed by atoms with E-state index in [4.69, 9.17) is 4.74 Å². The van der Waals surface area contributed by atoms with E-state index in [1.807, 2.05) is 20.8 Å². The normalized spacial score (nSPS) is 21.2. The van der Waals surface area contributed by atoms with Gasteiger partial charge in [-0.2, -0.15) is 0 Å². The Balaban J connectivity index is 2.34. The van der Waals surface area contributed by atoms with Gasteiger partial charge in [0.1, 0.15) is 5.60 Å². The van der Waals surface area contributed by atoms with Gasteiger partial charge in [-0.05, 0) is 40.5 Å². The van der Waals surface area contributed by atoms with E-state index < -0.39 is 17.3 Å². The molecule has 0 heterocycles. The van der Waals surface area contributed by atoms with Gasteiger partial charge in [-0.3, -0.25) is 0 Å². The molecule has 0 saturated heterocycles. The molecule has 4 nitrogen and oxygen atoms in total. The van der Waals surface area contributed by atoms with Gasteiger partial charge in [-0.1, -0.05) is 0 Å². The highest BCUT2D eigenvalue weighted by molar-refractivity contribution is 5.68. The van der Waals surface area contributed by atoms with Crippen molar-refractivity contribution in [3.63, 3.8) is 0 Å². The Hall–Kier alpha value is -0.770. The number of aliphatic hydroxyl groups is 1. The molecule has 1 aliphatic rings. The van der Waals surface area contributed by atoms with Crippen LogP contribution < -0.4 is 5.32 Å². The van der Waals surface area contributed by atoms with Crippen LogP contribution >= 0.6 is 0 Å². The highest BCUT2D eigenvalue weighted by Gasteiger charge is 2.46. The number of nitrogens with one attached hydrogen (secondary N) is 1. The molecule has 1 saturated carbocycles. The van der Waals surface area contributed by atoms with E-state index in [0.717, 1.165) is 12.8 Å². The van der Waals surface area contributed by atoms with Gasteiger partial charge in [-0.25, -0.2) is 4.79 Å². The largest absolute Gasteiger partial charge is 0.444 e. The summed E-state index contributed by atoms with van der Waals surface area (Å²) in [6, 6.07) is -0.239. The maximum absolute atomic E-state index is 11.3. The van der Waals surface area contributed by atoms with E-state index in [1.54, 1.807) is 6.92 Å². The zero-order chi connectivity index (χ0) is 11.0. The van der Waals surface area contributed by atoms with E-state index >= 15 is 0 Å².